The van der Waals surface area contributed by atoms with Crippen LogP contribution >= 0.6 is 23.8 Å². The SMILES string of the molecule is Cc1ccc(N2C(=S)N[C@H](c3ccccn3)[C@H]2c2c(C)c(C)n(-c3cccc(Cl)c3)c2C)cc1. The van der Waals surface area contributed by atoms with Gasteiger partial charge in [-0.05, 0) is 87.9 Å². The third-order valence-electron chi connectivity index (χ3n) is 6.78. The van der Waals surface area contributed by atoms with E-state index in [9.17, 15) is 0 Å². The number of benzene rings is 2. The molecule has 1 aliphatic heterocycles. The number of aryl methyl sites for hydroxylation is 1. The van der Waals surface area contributed by atoms with Crippen LogP contribution in [0.3, 0.4) is 0 Å². The molecule has 0 unspecified atom stereocenters. The molecule has 2 aromatic heterocycles. The van der Waals surface area contributed by atoms with E-state index >= 15 is 0 Å². The second kappa shape index (κ2) is 8.90. The molecule has 4 nitrogen and oxygen atoms in total. The van der Waals surface area contributed by atoms with Crippen molar-refractivity contribution in [2.75, 3.05) is 4.90 Å². The summed E-state index contributed by atoms with van der Waals surface area (Å²) in [6.07, 6.45) is 1.84. The van der Waals surface area contributed by atoms with Crippen molar-refractivity contribution in [1.29, 1.82) is 0 Å². The van der Waals surface area contributed by atoms with Crippen LogP contribution in [0.4, 0.5) is 5.69 Å². The lowest BCUT2D eigenvalue weighted by molar-refractivity contribution is 0.563. The molecular weight excluding hydrogens is 460 g/mol. The van der Waals surface area contributed by atoms with E-state index in [1.54, 1.807) is 0 Å². The first kappa shape index (κ1) is 22.6. The summed E-state index contributed by atoms with van der Waals surface area (Å²) in [6, 6.07) is 22.5. The van der Waals surface area contributed by atoms with E-state index in [4.69, 9.17) is 28.8 Å². The van der Waals surface area contributed by atoms with E-state index < -0.39 is 0 Å². The second-order valence-electron chi connectivity index (χ2n) is 8.86. The van der Waals surface area contributed by atoms with Gasteiger partial charge in [-0.25, -0.2) is 0 Å². The quantitative estimate of drug-likeness (QED) is 0.317. The molecule has 4 aromatic rings. The standard InChI is InChI=1S/C28H27ClN4S/c1-17-11-13-22(14-12-17)33-27(26(31-28(33)34)24-10-5-6-15-30-24)25-18(2)19(3)32(20(25)4)23-9-7-8-21(29)16-23/h5-16,26-27H,1-4H3,(H,31,34)/t26-,27-/m1/s1. The van der Waals surface area contributed by atoms with Gasteiger partial charge in [0.25, 0.3) is 0 Å². The highest BCUT2D eigenvalue weighted by Crippen LogP contribution is 2.45. The fraction of sp³-hybridized carbons (Fsp3) is 0.214. The van der Waals surface area contributed by atoms with Crippen LogP contribution in [0.15, 0.2) is 72.9 Å². The van der Waals surface area contributed by atoms with E-state index in [1.807, 2.05) is 36.5 Å². The summed E-state index contributed by atoms with van der Waals surface area (Å²) in [4.78, 5) is 6.94. The number of pyridine rings is 1. The first-order valence-electron chi connectivity index (χ1n) is 11.4. The van der Waals surface area contributed by atoms with Gasteiger partial charge < -0.3 is 14.8 Å². The molecule has 2 atom stereocenters. The van der Waals surface area contributed by atoms with Gasteiger partial charge in [0.15, 0.2) is 5.11 Å². The molecule has 5 rings (SSSR count). The lowest BCUT2D eigenvalue weighted by Gasteiger charge is -2.29. The molecule has 6 heteroatoms. The predicted molar refractivity (Wildman–Crippen MR) is 144 cm³/mol. The highest BCUT2D eigenvalue weighted by molar-refractivity contribution is 7.80. The number of nitrogens with one attached hydrogen (secondary N) is 1. The normalized spacial score (nSPS) is 17.8. The van der Waals surface area contributed by atoms with Crippen LogP contribution in [0.25, 0.3) is 5.69 Å². The average molecular weight is 487 g/mol. The van der Waals surface area contributed by atoms with Gasteiger partial charge in [0, 0.05) is 39.5 Å². The molecule has 0 aliphatic carbocycles. The van der Waals surface area contributed by atoms with E-state index in [2.05, 4.69) is 78.9 Å². The van der Waals surface area contributed by atoms with Gasteiger partial charge in [-0.15, -0.1) is 0 Å². The van der Waals surface area contributed by atoms with Crippen LogP contribution < -0.4 is 10.2 Å². The Labute approximate surface area is 211 Å². The number of thiocarbonyl (C=S) groups is 1. The largest absolute Gasteiger partial charge is 0.351 e. The molecule has 1 fully saturated rings. The first-order chi connectivity index (χ1) is 16.4. The Morgan fingerprint density at radius 1 is 0.882 bits per heavy atom. The zero-order valence-corrected chi connectivity index (χ0v) is 21.3. The van der Waals surface area contributed by atoms with E-state index in [-0.39, 0.29) is 12.1 Å². The Kier molecular flexibility index (Phi) is 5.92. The number of aromatic nitrogens is 2. The Morgan fingerprint density at radius 3 is 2.32 bits per heavy atom. The number of nitrogens with zero attached hydrogens (tertiary/aromatic N) is 3. The minimum atomic E-state index is -0.0815. The molecule has 0 saturated carbocycles. The van der Waals surface area contributed by atoms with Gasteiger partial charge >= 0.3 is 0 Å². The van der Waals surface area contributed by atoms with Crippen molar-refractivity contribution in [2.45, 2.75) is 39.8 Å². The van der Waals surface area contributed by atoms with Crippen molar-refractivity contribution in [3.63, 3.8) is 0 Å². The number of anilines is 1. The van der Waals surface area contributed by atoms with Crippen molar-refractivity contribution in [3.8, 4) is 5.69 Å². The first-order valence-corrected chi connectivity index (χ1v) is 12.2. The summed E-state index contributed by atoms with van der Waals surface area (Å²) in [7, 11) is 0. The summed E-state index contributed by atoms with van der Waals surface area (Å²) in [5.41, 5.74) is 9.17. The molecule has 3 heterocycles. The molecule has 0 bridgehead atoms. The number of hydrogen-bond acceptors (Lipinski definition) is 2. The molecule has 1 saturated heterocycles. The molecule has 34 heavy (non-hydrogen) atoms. The maximum atomic E-state index is 6.35. The van der Waals surface area contributed by atoms with Crippen LogP contribution in [0.5, 0.6) is 0 Å². The van der Waals surface area contributed by atoms with Gasteiger partial charge in [0.1, 0.15) is 0 Å². The van der Waals surface area contributed by atoms with Crippen LogP contribution in [0, 0.1) is 27.7 Å². The Morgan fingerprint density at radius 2 is 1.65 bits per heavy atom. The van der Waals surface area contributed by atoms with Crippen molar-refractivity contribution in [1.82, 2.24) is 14.9 Å². The number of halogens is 1. The summed E-state index contributed by atoms with van der Waals surface area (Å²) >= 11 is 12.3. The van der Waals surface area contributed by atoms with Crippen LogP contribution in [0.1, 0.15) is 45.9 Å². The second-order valence-corrected chi connectivity index (χ2v) is 9.68. The number of hydrogen-bond donors (Lipinski definition) is 1. The molecule has 1 aliphatic rings. The van der Waals surface area contributed by atoms with Crippen molar-refractivity contribution >= 4 is 34.6 Å². The Balaban J connectivity index is 1.73. The third kappa shape index (κ3) is 3.79. The zero-order chi connectivity index (χ0) is 24.0. The molecular formula is C28H27ClN4S. The predicted octanol–water partition coefficient (Wildman–Crippen LogP) is 6.94. The van der Waals surface area contributed by atoms with Crippen molar-refractivity contribution < 1.29 is 0 Å². The summed E-state index contributed by atoms with van der Waals surface area (Å²) in [5, 5.41) is 5.01. The van der Waals surface area contributed by atoms with Gasteiger partial charge in [0.2, 0.25) is 0 Å². The van der Waals surface area contributed by atoms with Crippen LogP contribution in [-0.2, 0) is 0 Å². The summed E-state index contributed by atoms with van der Waals surface area (Å²) in [6.45, 7) is 8.64. The topological polar surface area (TPSA) is 33.1 Å². The minimum Gasteiger partial charge on any atom is -0.351 e. The lowest BCUT2D eigenvalue weighted by Crippen LogP contribution is -2.29. The maximum absolute atomic E-state index is 6.35. The monoisotopic (exact) mass is 486 g/mol. The highest BCUT2D eigenvalue weighted by Gasteiger charge is 2.43. The van der Waals surface area contributed by atoms with Crippen LogP contribution in [0.2, 0.25) is 5.02 Å². The van der Waals surface area contributed by atoms with Crippen LogP contribution in [-0.4, -0.2) is 14.7 Å². The summed E-state index contributed by atoms with van der Waals surface area (Å²) < 4.78 is 2.29. The molecule has 1 N–H and O–H groups in total. The molecule has 2 aromatic carbocycles. The third-order valence-corrected chi connectivity index (χ3v) is 7.33. The molecule has 172 valence electrons. The Hall–Kier alpha value is -3.15. The highest BCUT2D eigenvalue weighted by atomic mass is 35.5. The molecule has 0 amide bonds. The summed E-state index contributed by atoms with van der Waals surface area (Å²) in [5.74, 6) is 0. The van der Waals surface area contributed by atoms with Crippen molar-refractivity contribution in [3.05, 3.63) is 112 Å². The zero-order valence-electron chi connectivity index (χ0n) is 19.7. The van der Waals surface area contributed by atoms with Gasteiger partial charge in [0.05, 0.1) is 17.8 Å². The number of rotatable bonds is 4. The average Bonchev–Trinajstić information content (AvgIpc) is 3.27. The Bertz CT molecular complexity index is 1360. The van der Waals surface area contributed by atoms with E-state index in [1.165, 1.54) is 28.1 Å². The molecule has 0 radical (unpaired) electrons. The van der Waals surface area contributed by atoms with E-state index in [0.717, 1.165) is 22.1 Å². The maximum Gasteiger partial charge on any atom is 0.174 e. The van der Waals surface area contributed by atoms with Gasteiger partial charge in [-0.2, -0.15) is 0 Å². The fourth-order valence-corrected chi connectivity index (χ4v) is 5.61. The van der Waals surface area contributed by atoms with Gasteiger partial charge in [-0.1, -0.05) is 41.4 Å². The molecule has 0 spiro atoms. The minimum absolute atomic E-state index is 0.0516. The van der Waals surface area contributed by atoms with Crippen molar-refractivity contribution in [2.24, 2.45) is 0 Å². The lowest BCUT2D eigenvalue weighted by atomic mass is 9.93. The smallest absolute Gasteiger partial charge is 0.174 e. The van der Waals surface area contributed by atoms with E-state index in [0.29, 0.717) is 5.11 Å². The van der Waals surface area contributed by atoms with Gasteiger partial charge in [-0.3, -0.25) is 4.98 Å². The fourth-order valence-electron chi connectivity index (χ4n) is 5.08.